The van der Waals surface area contributed by atoms with Crippen molar-refractivity contribution >= 4 is 45.2 Å². The molecule has 0 bridgehead atoms. The molecule has 3 heterocycles. The van der Waals surface area contributed by atoms with Crippen molar-refractivity contribution in [2.45, 2.75) is 0 Å². The van der Waals surface area contributed by atoms with E-state index >= 15 is 0 Å². The maximum atomic E-state index is 12.8. The number of piperazine rings is 1. The molecule has 140 valence electrons. The number of carbonyl (C=O) groups excluding carboxylic acids is 1. The molecular formula is C18H18ClN5O2S. The number of carbonyl (C=O) groups is 1. The Morgan fingerprint density at radius 1 is 1.26 bits per heavy atom. The molecule has 27 heavy (non-hydrogen) atoms. The van der Waals surface area contributed by atoms with Gasteiger partial charge in [-0.15, -0.1) is 11.3 Å². The van der Waals surface area contributed by atoms with Crippen molar-refractivity contribution in [3.63, 3.8) is 0 Å². The van der Waals surface area contributed by atoms with Crippen LogP contribution in [0.25, 0.3) is 4.96 Å². The van der Waals surface area contributed by atoms with Crippen LogP contribution in [0.15, 0.2) is 40.8 Å². The van der Waals surface area contributed by atoms with Gasteiger partial charge in [0.15, 0.2) is 4.96 Å². The van der Waals surface area contributed by atoms with Crippen LogP contribution in [0, 0.1) is 0 Å². The van der Waals surface area contributed by atoms with Crippen molar-refractivity contribution in [3.05, 3.63) is 56.9 Å². The zero-order valence-corrected chi connectivity index (χ0v) is 16.3. The first-order chi connectivity index (χ1) is 13.0. The minimum Gasteiger partial charge on any atom is -0.367 e. The van der Waals surface area contributed by atoms with Gasteiger partial charge < -0.3 is 15.1 Å². The summed E-state index contributed by atoms with van der Waals surface area (Å²) in [7, 11) is 2.09. The Hall–Kier alpha value is -2.42. The summed E-state index contributed by atoms with van der Waals surface area (Å²) in [6.07, 6.45) is 2.94. The van der Waals surface area contributed by atoms with E-state index in [0.29, 0.717) is 15.7 Å². The molecule has 7 nitrogen and oxygen atoms in total. The van der Waals surface area contributed by atoms with Gasteiger partial charge in [0.05, 0.1) is 11.4 Å². The highest BCUT2D eigenvalue weighted by atomic mass is 35.5. The highest BCUT2D eigenvalue weighted by molar-refractivity contribution is 7.15. The van der Waals surface area contributed by atoms with Crippen LogP contribution < -0.4 is 15.8 Å². The summed E-state index contributed by atoms with van der Waals surface area (Å²) < 4.78 is 1.37. The van der Waals surface area contributed by atoms with Crippen LogP contribution in [0.2, 0.25) is 5.02 Å². The molecule has 1 aromatic carbocycles. The van der Waals surface area contributed by atoms with Gasteiger partial charge in [-0.05, 0) is 25.2 Å². The number of fused-ring (bicyclic) bond motifs is 1. The lowest BCUT2D eigenvalue weighted by molar-refractivity contribution is 0.102. The number of thiazole rings is 1. The maximum absolute atomic E-state index is 12.8. The number of hydrogen-bond acceptors (Lipinski definition) is 6. The van der Waals surface area contributed by atoms with E-state index in [1.54, 1.807) is 23.7 Å². The Balaban J connectivity index is 1.65. The topological polar surface area (TPSA) is 69.9 Å². The average Bonchev–Trinajstić information content (AvgIpc) is 3.13. The van der Waals surface area contributed by atoms with Crippen molar-refractivity contribution in [3.8, 4) is 0 Å². The van der Waals surface area contributed by atoms with E-state index in [1.165, 1.54) is 21.9 Å². The number of likely N-dealkylation sites (N-methyl/N-ethyl adjacent to an activating group) is 1. The van der Waals surface area contributed by atoms with Crippen LogP contribution in [0.3, 0.4) is 0 Å². The molecule has 0 radical (unpaired) electrons. The van der Waals surface area contributed by atoms with E-state index in [1.807, 2.05) is 6.07 Å². The molecule has 4 rings (SSSR count). The van der Waals surface area contributed by atoms with Gasteiger partial charge in [0, 0.05) is 49.0 Å². The van der Waals surface area contributed by atoms with Crippen LogP contribution in [0.5, 0.6) is 0 Å². The highest BCUT2D eigenvalue weighted by Crippen LogP contribution is 2.30. The van der Waals surface area contributed by atoms with Gasteiger partial charge in [-0.1, -0.05) is 11.6 Å². The number of rotatable bonds is 3. The quantitative estimate of drug-likeness (QED) is 0.727. The molecule has 0 spiro atoms. The van der Waals surface area contributed by atoms with Gasteiger partial charge in [0.2, 0.25) is 0 Å². The first-order valence-electron chi connectivity index (χ1n) is 8.52. The number of benzene rings is 1. The fraction of sp³-hybridized carbons (Fsp3) is 0.278. The lowest BCUT2D eigenvalue weighted by Gasteiger charge is -2.35. The molecular weight excluding hydrogens is 386 g/mol. The zero-order valence-electron chi connectivity index (χ0n) is 14.7. The van der Waals surface area contributed by atoms with E-state index < -0.39 is 5.91 Å². The van der Waals surface area contributed by atoms with Crippen LogP contribution in [-0.2, 0) is 0 Å². The van der Waals surface area contributed by atoms with Gasteiger partial charge in [0.1, 0.15) is 5.56 Å². The summed E-state index contributed by atoms with van der Waals surface area (Å²) in [4.78, 5) is 34.5. The molecule has 0 atom stereocenters. The first-order valence-corrected chi connectivity index (χ1v) is 9.78. The van der Waals surface area contributed by atoms with E-state index in [9.17, 15) is 9.59 Å². The Morgan fingerprint density at radius 3 is 2.81 bits per heavy atom. The lowest BCUT2D eigenvalue weighted by atomic mass is 10.2. The smallest absolute Gasteiger partial charge is 0.271 e. The molecule has 3 aromatic rings. The zero-order chi connectivity index (χ0) is 19.0. The summed E-state index contributed by atoms with van der Waals surface area (Å²) in [5.74, 6) is -0.495. The summed E-state index contributed by atoms with van der Waals surface area (Å²) in [6.45, 7) is 3.59. The molecule has 1 amide bonds. The second-order valence-electron chi connectivity index (χ2n) is 6.44. The Kier molecular flexibility index (Phi) is 4.86. The minimum atomic E-state index is -0.495. The Bertz CT molecular complexity index is 1060. The second kappa shape index (κ2) is 7.30. The van der Waals surface area contributed by atoms with Gasteiger partial charge in [-0.25, -0.2) is 4.98 Å². The largest absolute Gasteiger partial charge is 0.367 e. The average molecular weight is 404 g/mol. The van der Waals surface area contributed by atoms with Crippen LogP contribution in [-0.4, -0.2) is 53.4 Å². The number of aromatic nitrogens is 2. The third-order valence-corrected chi connectivity index (χ3v) is 5.64. The molecule has 0 saturated carbocycles. The van der Waals surface area contributed by atoms with Crippen molar-refractivity contribution in [1.29, 1.82) is 0 Å². The summed E-state index contributed by atoms with van der Waals surface area (Å²) in [6, 6.07) is 5.41. The van der Waals surface area contributed by atoms with Crippen molar-refractivity contribution in [1.82, 2.24) is 14.3 Å². The van der Waals surface area contributed by atoms with E-state index in [0.717, 1.165) is 31.9 Å². The summed E-state index contributed by atoms with van der Waals surface area (Å²) in [5.41, 5.74) is 1.09. The molecule has 1 fully saturated rings. The summed E-state index contributed by atoms with van der Waals surface area (Å²) in [5, 5.41) is 5.12. The molecule has 0 unspecified atom stereocenters. The van der Waals surface area contributed by atoms with Crippen molar-refractivity contribution in [2.75, 3.05) is 43.4 Å². The van der Waals surface area contributed by atoms with E-state index in [-0.39, 0.29) is 11.1 Å². The minimum absolute atomic E-state index is 0.00444. The third-order valence-electron chi connectivity index (χ3n) is 4.64. The number of amides is 1. The number of anilines is 2. The standard InChI is InChI=1S/C18H18ClN5O2S/c1-22-4-6-23(7-5-22)15-3-2-12(19)10-14(15)21-16(25)13-11-20-18-24(17(13)26)8-9-27-18/h2-3,8-11H,4-7H2,1H3,(H,21,25). The number of halogens is 1. The van der Waals surface area contributed by atoms with Gasteiger partial charge >= 0.3 is 0 Å². The second-order valence-corrected chi connectivity index (χ2v) is 7.75. The fourth-order valence-electron chi connectivity index (χ4n) is 3.10. The predicted molar refractivity (Wildman–Crippen MR) is 108 cm³/mol. The van der Waals surface area contributed by atoms with Gasteiger partial charge in [0.25, 0.3) is 11.5 Å². The van der Waals surface area contributed by atoms with Crippen molar-refractivity contribution < 1.29 is 4.79 Å². The number of hydrogen-bond donors (Lipinski definition) is 1. The Morgan fingerprint density at radius 2 is 2.04 bits per heavy atom. The normalized spacial score (nSPS) is 15.3. The monoisotopic (exact) mass is 403 g/mol. The van der Waals surface area contributed by atoms with Crippen LogP contribution in [0.1, 0.15) is 10.4 Å². The van der Waals surface area contributed by atoms with E-state index in [4.69, 9.17) is 11.6 Å². The fourth-order valence-corrected chi connectivity index (χ4v) is 3.95. The highest BCUT2D eigenvalue weighted by Gasteiger charge is 2.20. The Labute approximate surface area is 164 Å². The number of nitrogens with zero attached hydrogens (tertiary/aromatic N) is 4. The number of nitrogens with one attached hydrogen (secondary N) is 1. The molecule has 2 aromatic heterocycles. The third kappa shape index (κ3) is 3.55. The molecule has 9 heteroatoms. The SMILES string of the molecule is CN1CCN(c2ccc(Cl)cc2NC(=O)c2cnc3sccn3c2=O)CC1. The van der Waals surface area contributed by atoms with E-state index in [2.05, 4.69) is 27.1 Å². The first kappa shape index (κ1) is 18.0. The molecule has 1 saturated heterocycles. The molecule has 0 aliphatic carbocycles. The van der Waals surface area contributed by atoms with Crippen LogP contribution >= 0.6 is 22.9 Å². The predicted octanol–water partition coefficient (Wildman–Crippen LogP) is 2.41. The molecule has 1 aliphatic heterocycles. The van der Waals surface area contributed by atoms with Gasteiger partial charge in [-0.3, -0.25) is 14.0 Å². The summed E-state index contributed by atoms with van der Waals surface area (Å²) >= 11 is 7.49. The van der Waals surface area contributed by atoms with Crippen molar-refractivity contribution in [2.24, 2.45) is 0 Å². The van der Waals surface area contributed by atoms with Gasteiger partial charge in [-0.2, -0.15) is 0 Å². The lowest BCUT2D eigenvalue weighted by Crippen LogP contribution is -2.44. The maximum Gasteiger partial charge on any atom is 0.271 e. The van der Waals surface area contributed by atoms with Crippen LogP contribution in [0.4, 0.5) is 11.4 Å². The molecule has 1 N–H and O–H groups in total. The molecule has 1 aliphatic rings.